The fraction of sp³-hybridized carbons (Fsp3) is 0.435. The number of halogens is 1. The molecule has 1 aliphatic heterocycles. The first-order valence-electron chi connectivity index (χ1n) is 10.4. The summed E-state index contributed by atoms with van der Waals surface area (Å²) in [5, 5.41) is 3.69. The maximum absolute atomic E-state index is 12.5. The zero-order valence-corrected chi connectivity index (χ0v) is 17.6. The molecule has 1 saturated heterocycles. The Morgan fingerprint density at radius 2 is 1.93 bits per heavy atom. The number of piperidine rings is 1. The van der Waals surface area contributed by atoms with E-state index in [1.54, 1.807) is 30.5 Å². The van der Waals surface area contributed by atoms with Crippen LogP contribution in [0.15, 0.2) is 48.7 Å². The number of carbonyl (C=O) groups is 2. The van der Waals surface area contributed by atoms with Crippen LogP contribution in [0.25, 0.3) is 0 Å². The van der Waals surface area contributed by atoms with Gasteiger partial charge < -0.3 is 15.0 Å². The lowest BCUT2D eigenvalue weighted by molar-refractivity contribution is -0.135. The molecular weight excluding hydrogens is 402 g/mol. The van der Waals surface area contributed by atoms with Crippen molar-refractivity contribution in [2.24, 2.45) is 11.3 Å². The van der Waals surface area contributed by atoms with E-state index in [2.05, 4.69) is 10.3 Å². The standard InChI is InChI=1S/C23H26ClN3O3/c24-17-4-6-19(7-5-17)30-16-21(28)27-13-9-23(10-14-27)15-20(23)22(29)26-12-8-18-3-1-2-11-25-18/h1-7,11,20H,8-10,12-16H2,(H,26,29)/t20-/m1/s1. The van der Waals surface area contributed by atoms with Crippen LogP contribution in [0.2, 0.25) is 5.02 Å². The van der Waals surface area contributed by atoms with Crippen LogP contribution in [0.4, 0.5) is 0 Å². The van der Waals surface area contributed by atoms with Gasteiger partial charge in [-0.1, -0.05) is 17.7 Å². The SMILES string of the molecule is O=C(NCCc1ccccn1)[C@H]1CC12CCN(C(=O)COc1ccc(Cl)cc1)CC2. The summed E-state index contributed by atoms with van der Waals surface area (Å²) >= 11 is 5.86. The smallest absolute Gasteiger partial charge is 0.260 e. The molecule has 7 heteroatoms. The molecule has 0 bridgehead atoms. The molecule has 1 aromatic carbocycles. The highest BCUT2D eigenvalue weighted by atomic mass is 35.5. The Morgan fingerprint density at radius 1 is 1.17 bits per heavy atom. The Bertz CT molecular complexity index is 880. The van der Waals surface area contributed by atoms with Gasteiger partial charge in [0.2, 0.25) is 5.91 Å². The van der Waals surface area contributed by atoms with Crippen LogP contribution in [0.5, 0.6) is 5.75 Å². The Labute approximate surface area is 181 Å². The minimum Gasteiger partial charge on any atom is -0.484 e. The minimum absolute atomic E-state index is 0.0168. The van der Waals surface area contributed by atoms with Gasteiger partial charge in [-0.15, -0.1) is 0 Å². The number of ether oxygens (including phenoxy) is 1. The molecule has 1 saturated carbocycles. The summed E-state index contributed by atoms with van der Waals surface area (Å²) in [6.45, 7) is 1.99. The van der Waals surface area contributed by atoms with Crippen LogP contribution >= 0.6 is 11.6 Å². The number of pyridine rings is 1. The summed E-state index contributed by atoms with van der Waals surface area (Å²) in [6, 6.07) is 12.8. The lowest BCUT2D eigenvalue weighted by Gasteiger charge is -2.32. The van der Waals surface area contributed by atoms with Gasteiger partial charge in [0, 0.05) is 48.9 Å². The topological polar surface area (TPSA) is 71.5 Å². The molecule has 1 aliphatic carbocycles. The van der Waals surface area contributed by atoms with Gasteiger partial charge in [0.15, 0.2) is 6.61 Å². The van der Waals surface area contributed by atoms with Crippen molar-refractivity contribution in [2.75, 3.05) is 26.2 Å². The lowest BCUT2D eigenvalue weighted by atomic mass is 9.90. The summed E-state index contributed by atoms with van der Waals surface area (Å²) in [6.07, 6.45) is 5.17. The molecule has 1 N–H and O–H groups in total. The van der Waals surface area contributed by atoms with Crippen molar-refractivity contribution in [3.8, 4) is 5.75 Å². The van der Waals surface area contributed by atoms with Crippen LogP contribution in [-0.4, -0.2) is 47.9 Å². The molecule has 1 aromatic heterocycles. The highest BCUT2D eigenvalue weighted by Crippen LogP contribution is 2.59. The number of likely N-dealkylation sites (tertiary alicyclic amines) is 1. The van der Waals surface area contributed by atoms with Gasteiger partial charge in [0.1, 0.15) is 5.75 Å². The highest BCUT2D eigenvalue weighted by Gasteiger charge is 2.58. The molecule has 1 atom stereocenters. The van der Waals surface area contributed by atoms with Crippen LogP contribution in [0, 0.1) is 11.3 Å². The van der Waals surface area contributed by atoms with Crippen LogP contribution in [0.1, 0.15) is 25.0 Å². The van der Waals surface area contributed by atoms with Gasteiger partial charge >= 0.3 is 0 Å². The van der Waals surface area contributed by atoms with E-state index >= 15 is 0 Å². The van der Waals surface area contributed by atoms with E-state index < -0.39 is 0 Å². The van der Waals surface area contributed by atoms with Crippen molar-refractivity contribution in [1.82, 2.24) is 15.2 Å². The zero-order valence-electron chi connectivity index (χ0n) is 16.9. The fourth-order valence-corrected chi connectivity index (χ4v) is 4.35. The summed E-state index contributed by atoms with van der Waals surface area (Å²) in [5.41, 5.74) is 1.05. The van der Waals surface area contributed by atoms with E-state index in [1.807, 2.05) is 23.1 Å². The van der Waals surface area contributed by atoms with Gasteiger partial charge in [-0.3, -0.25) is 14.6 Å². The molecule has 30 heavy (non-hydrogen) atoms. The van der Waals surface area contributed by atoms with Crippen molar-refractivity contribution in [1.29, 1.82) is 0 Å². The second-order valence-corrected chi connectivity index (χ2v) is 8.54. The zero-order chi connectivity index (χ0) is 21.0. The van der Waals surface area contributed by atoms with Gasteiger partial charge in [-0.25, -0.2) is 0 Å². The summed E-state index contributed by atoms with van der Waals surface area (Å²) in [7, 11) is 0. The number of hydrogen-bond acceptors (Lipinski definition) is 4. The number of rotatable bonds is 7. The molecule has 0 radical (unpaired) electrons. The molecule has 0 unspecified atom stereocenters. The Balaban J connectivity index is 1.17. The third kappa shape index (κ3) is 4.93. The number of benzene rings is 1. The van der Waals surface area contributed by atoms with Crippen molar-refractivity contribution in [3.63, 3.8) is 0 Å². The molecule has 2 fully saturated rings. The normalized spacial score (nSPS) is 19.4. The molecule has 158 valence electrons. The van der Waals surface area contributed by atoms with Gasteiger partial charge in [0.25, 0.3) is 5.91 Å². The monoisotopic (exact) mass is 427 g/mol. The number of nitrogens with one attached hydrogen (secondary N) is 1. The predicted molar refractivity (Wildman–Crippen MR) is 114 cm³/mol. The van der Waals surface area contributed by atoms with Gasteiger partial charge in [-0.2, -0.15) is 0 Å². The third-order valence-corrected chi connectivity index (χ3v) is 6.45. The largest absolute Gasteiger partial charge is 0.484 e. The molecule has 2 aliphatic rings. The Kier molecular flexibility index (Phi) is 6.23. The second-order valence-electron chi connectivity index (χ2n) is 8.10. The predicted octanol–water partition coefficient (Wildman–Crippen LogP) is 3.10. The number of nitrogens with zero attached hydrogens (tertiary/aromatic N) is 2. The summed E-state index contributed by atoms with van der Waals surface area (Å²) in [4.78, 5) is 31.1. The van der Waals surface area contributed by atoms with Crippen molar-refractivity contribution >= 4 is 23.4 Å². The molecule has 6 nitrogen and oxygen atoms in total. The number of aromatic nitrogens is 1. The maximum atomic E-state index is 12.5. The molecule has 2 aromatic rings. The average molecular weight is 428 g/mol. The molecule has 2 amide bonds. The maximum Gasteiger partial charge on any atom is 0.260 e. The number of carbonyl (C=O) groups excluding carboxylic acids is 2. The van der Waals surface area contributed by atoms with E-state index in [4.69, 9.17) is 16.3 Å². The lowest BCUT2D eigenvalue weighted by Crippen LogP contribution is -2.42. The van der Waals surface area contributed by atoms with E-state index in [0.717, 1.165) is 31.4 Å². The van der Waals surface area contributed by atoms with Crippen LogP contribution < -0.4 is 10.1 Å². The second kappa shape index (κ2) is 9.04. The Morgan fingerprint density at radius 3 is 2.63 bits per heavy atom. The average Bonchev–Trinajstić information content (AvgIpc) is 3.47. The molecule has 4 rings (SSSR count). The first-order chi connectivity index (χ1) is 14.6. The number of hydrogen-bond donors (Lipinski definition) is 1. The van der Waals surface area contributed by atoms with Gasteiger partial charge in [0.05, 0.1) is 0 Å². The fourth-order valence-electron chi connectivity index (χ4n) is 4.22. The summed E-state index contributed by atoms with van der Waals surface area (Å²) < 4.78 is 5.56. The molecular formula is C23H26ClN3O3. The van der Waals surface area contributed by atoms with Gasteiger partial charge in [-0.05, 0) is 61.1 Å². The van der Waals surface area contributed by atoms with E-state index in [9.17, 15) is 9.59 Å². The molecule has 1 spiro atoms. The molecule has 2 heterocycles. The minimum atomic E-state index is -0.0168. The first kappa shape index (κ1) is 20.7. The van der Waals surface area contributed by atoms with Crippen LogP contribution in [-0.2, 0) is 16.0 Å². The highest BCUT2D eigenvalue weighted by molar-refractivity contribution is 6.30. The third-order valence-electron chi connectivity index (χ3n) is 6.20. The van der Waals surface area contributed by atoms with Crippen molar-refractivity contribution in [2.45, 2.75) is 25.7 Å². The van der Waals surface area contributed by atoms with Crippen molar-refractivity contribution < 1.29 is 14.3 Å². The van der Waals surface area contributed by atoms with E-state index in [1.165, 1.54) is 0 Å². The Hall–Kier alpha value is -2.60. The van der Waals surface area contributed by atoms with Crippen LogP contribution in [0.3, 0.4) is 0 Å². The van der Waals surface area contributed by atoms with Crippen molar-refractivity contribution in [3.05, 3.63) is 59.4 Å². The van der Waals surface area contributed by atoms with E-state index in [0.29, 0.717) is 30.4 Å². The number of amides is 2. The van der Waals surface area contributed by atoms with E-state index in [-0.39, 0.29) is 29.8 Å². The summed E-state index contributed by atoms with van der Waals surface area (Å²) in [5.74, 6) is 0.822. The first-order valence-corrected chi connectivity index (χ1v) is 10.8. The quantitative estimate of drug-likeness (QED) is 0.737.